The van der Waals surface area contributed by atoms with Gasteiger partial charge in [0, 0.05) is 18.2 Å². The molecule has 1 fully saturated rings. The van der Waals surface area contributed by atoms with Gasteiger partial charge in [-0.15, -0.1) is 0 Å². The molecule has 3 N–H and O–H groups in total. The summed E-state index contributed by atoms with van der Waals surface area (Å²) in [6.45, 7) is 2.51. The molecule has 8 nitrogen and oxygen atoms in total. The minimum atomic E-state index is -3.60. The highest BCUT2D eigenvalue weighted by Crippen LogP contribution is 2.35. The lowest BCUT2D eigenvalue weighted by atomic mass is 10.0. The summed E-state index contributed by atoms with van der Waals surface area (Å²) in [6.07, 6.45) is 12.1. The Bertz CT molecular complexity index is 1550. The molecule has 3 aromatic rings. The van der Waals surface area contributed by atoms with Crippen LogP contribution in [0.25, 0.3) is 11.1 Å². The number of rotatable bonds is 17. The molecule has 0 radical (unpaired) electrons. The summed E-state index contributed by atoms with van der Waals surface area (Å²) < 4.78 is 27.6. The molecule has 0 bridgehead atoms. The van der Waals surface area contributed by atoms with Crippen molar-refractivity contribution in [2.75, 3.05) is 22.9 Å². The molecule has 1 heterocycles. The Morgan fingerprint density at radius 2 is 1.43 bits per heavy atom. The summed E-state index contributed by atoms with van der Waals surface area (Å²) in [4.78, 5) is 26.1. The predicted octanol–water partition coefficient (Wildman–Crippen LogP) is 8.62. The number of aromatic hydroxyl groups is 1. The van der Waals surface area contributed by atoms with Gasteiger partial charge in [-0.1, -0.05) is 119 Å². The largest absolute Gasteiger partial charge is 0.506 e. The van der Waals surface area contributed by atoms with Gasteiger partial charge >= 0.3 is 0 Å². The second-order valence-electron chi connectivity index (χ2n) is 12.0. The monoisotopic (exact) mass is 667 g/mol. The highest BCUT2D eigenvalue weighted by molar-refractivity contribution is 7.89. The molecule has 1 aliphatic heterocycles. The number of carbonyl (C=O) groups excluding carboxylic acids is 2. The number of hydrogen-bond acceptors (Lipinski definition) is 5. The van der Waals surface area contributed by atoms with Crippen LogP contribution in [0.3, 0.4) is 0 Å². The van der Waals surface area contributed by atoms with Crippen LogP contribution < -0.4 is 10.6 Å². The van der Waals surface area contributed by atoms with Gasteiger partial charge in [0.05, 0.1) is 22.2 Å². The normalized spacial score (nSPS) is 15.1. The lowest BCUT2D eigenvalue weighted by molar-refractivity contribution is -0.119. The summed E-state index contributed by atoms with van der Waals surface area (Å²) >= 11 is 6.44. The zero-order chi connectivity index (χ0) is 32.9. The number of carbonyl (C=O) groups is 2. The fraction of sp³-hybridized carbons (Fsp3) is 0.444. The van der Waals surface area contributed by atoms with Crippen LogP contribution in [-0.4, -0.2) is 48.0 Å². The number of anilines is 2. The minimum Gasteiger partial charge on any atom is -0.506 e. The lowest BCUT2D eigenvalue weighted by Crippen LogP contribution is -2.44. The molecule has 4 rings (SSSR count). The van der Waals surface area contributed by atoms with Crippen LogP contribution in [0.2, 0.25) is 5.02 Å². The molecule has 1 unspecified atom stereocenters. The van der Waals surface area contributed by atoms with E-state index in [4.69, 9.17) is 11.6 Å². The molecule has 46 heavy (non-hydrogen) atoms. The van der Waals surface area contributed by atoms with Crippen LogP contribution in [0.4, 0.5) is 11.4 Å². The predicted molar refractivity (Wildman–Crippen MR) is 187 cm³/mol. The fourth-order valence-corrected chi connectivity index (χ4v) is 7.85. The van der Waals surface area contributed by atoms with Crippen molar-refractivity contribution in [3.63, 3.8) is 0 Å². The van der Waals surface area contributed by atoms with E-state index in [2.05, 4.69) is 17.6 Å². The van der Waals surface area contributed by atoms with E-state index in [1.165, 1.54) is 55.0 Å². The Hall–Kier alpha value is -3.40. The molecular weight excluding hydrogens is 622 g/mol. The summed E-state index contributed by atoms with van der Waals surface area (Å²) in [7, 11) is -3.60. The quantitative estimate of drug-likeness (QED) is 0.0985. The number of unbranched alkanes of at least 4 members (excludes halogenated alkanes) is 9. The number of sulfonamides is 1. The molecule has 0 spiro atoms. The van der Waals surface area contributed by atoms with Crippen LogP contribution in [0.5, 0.6) is 5.75 Å². The average molecular weight is 668 g/mol. The lowest BCUT2D eigenvalue weighted by Gasteiger charge is -2.23. The number of hydrogen-bond donors (Lipinski definition) is 3. The van der Waals surface area contributed by atoms with Crippen LogP contribution in [-0.2, 0) is 14.8 Å². The van der Waals surface area contributed by atoms with Crippen molar-refractivity contribution in [1.29, 1.82) is 0 Å². The van der Waals surface area contributed by atoms with E-state index >= 15 is 0 Å². The third kappa shape index (κ3) is 10.0. The second kappa shape index (κ2) is 17.5. The van der Waals surface area contributed by atoms with Gasteiger partial charge < -0.3 is 15.7 Å². The molecule has 0 saturated carbocycles. The van der Waals surface area contributed by atoms with Crippen LogP contribution in [0.1, 0.15) is 94.3 Å². The number of amides is 2. The zero-order valence-corrected chi connectivity index (χ0v) is 28.2. The van der Waals surface area contributed by atoms with Crippen LogP contribution in [0, 0.1) is 0 Å². The topological polar surface area (TPSA) is 116 Å². The van der Waals surface area contributed by atoms with Crippen molar-refractivity contribution in [2.24, 2.45) is 0 Å². The summed E-state index contributed by atoms with van der Waals surface area (Å²) in [6, 6.07) is 18.7. The Morgan fingerprint density at radius 3 is 2.09 bits per heavy atom. The van der Waals surface area contributed by atoms with Gasteiger partial charge in [0.15, 0.2) is 0 Å². The molecule has 0 aliphatic carbocycles. The zero-order valence-electron chi connectivity index (χ0n) is 26.6. The molecule has 1 atom stereocenters. The summed E-state index contributed by atoms with van der Waals surface area (Å²) in [5, 5.41) is 16.1. The molecule has 1 aliphatic rings. The molecule has 2 amide bonds. The molecule has 1 saturated heterocycles. The first-order valence-corrected chi connectivity index (χ1v) is 18.5. The first-order chi connectivity index (χ1) is 22.2. The molecular formula is C36H46ClN3O5S. The number of halogens is 1. The Labute approximate surface area is 278 Å². The van der Waals surface area contributed by atoms with Gasteiger partial charge in [-0.05, 0) is 48.6 Å². The first kappa shape index (κ1) is 35.5. The van der Waals surface area contributed by atoms with Gasteiger partial charge in [-0.25, -0.2) is 8.42 Å². The van der Waals surface area contributed by atoms with Crippen molar-refractivity contribution in [2.45, 2.75) is 90.0 Å². The molecule has 0 aromatic heterocycles. The van der Waals surface area contributed by atoms with E-state index in [-0.39, 0.29) is 27.9 Å². The second-order valence-corrected chi connectivity index (χ2v) is 14.5. The van der Waals surface area contributed by atoms with Gasteiger partial charge in [0.25, 0.3) is 5.91 Å². The average Bonchev–Trinajstić information content (AvgIpc) is 3.56. The van der Waals surface area contributed by atoms with E-state index in [0.717, 1.165) is 30.4 Å². The Balaban J connectivity index is 1.28. The first-order valence-electron chi connectivity index (χ1n) is 16.5. The third-order valence-corrected chi connectivity index (χ3v) is 10.7. The van der Waals surface area contributed by atoms with Crippen molar-refractivity contribution >= 4 is 44.8 Å². The SMILES string of the molecule is CCCCCCCCCCCCS(=O)(=O)N1CCCC1C(=O)Nc1cc(O)c(NC(=O)c2ccc(-c3ccccc3)cc2)cc1Cl. The number of benzene rings is 3. The maximum Gasteiger partial charge on any atom is 0.255 e. The minimum absolute atomic E-state index is 0.0260. The highest BCUT2D eigenvalue weighted by Gasteiger charge is 2.38. The van der Waals surface area contributed by atoms with Crippen LogP contribution in [0.15, 0.2) is 66.7 Å². The molecule has 248 valence electrons. The van der Waals surface area contributed by atoms with Crippen molar-refractivity contribution in [3.8, 4) is 16.9 Å². The smallest absolute Gasteiger partial charge is 0.255 e. The third-order valence-electron chi connectivity index (χ3n) is 8.47. The highest BCUT2D eigenvalue weighted by atomic mass is 35.5. The number of phenolic OH excluding ortho intramolecular Hbond substituents is 1. The molecule has 3 aromatic carbocycles. The summed E-state index contributed by atoms with van der Waals surface area (Å²) in [5.41, 5.74) is 2.61. The van der Waals surface area contributed by atoms with Gasteiger partial charge in [0.2, 0.25) is 15.9 Å². The maximum absolute atomic E-state index is 13.2. The van der Waals surface area contributed by atoms with Crippen LogP contribution >= 0.6 is 11.6 Å². The Kier molecular flexibility index (Phi) is 13.5. The van der Waals surface area contributed by atoms with E-state index in [9.17, 15) is 23.1 Å². The van der Waals surface area contributed by atoms with Crippen molar-refractivity contribution in [3.05, 3.63) is 77.3 Å². The van der Waals surface area contributed by atoms with E-state index < -0.39 is 27.9 Å². The number of nitrogens with zero attached hydrogens (tertiary/aromatic N) is 1. The number of phenols is 1. The Morgan fingerprint density at radius 1 is 0.826 bits per heavy atom. The fourth-order valence-electron chi connectivity index (χ4n) is 5.84. The molecule has 10 heteroatoms. The summed E-state index contributed by atoms with van der Waals surface area (Å²) in [5.74, 6) is -1.19. The number of nitrogens with one attached hydrogen (secondary N) is 2. The van der Waals surface area contributed by atoms with Gasteiger partial charge in [-0.2, -0.15) is 4.31 Å². The standard InChI is InChI=1S/C36H46ClN3O5S/c1-2-3-4-5-6-7-8-9-10-14-24-46(44,45)40-23-15-18-33(40)36(43)38-31-26-34(41)32(25-30(31)37)39-35(42)29-21-19-28(20-22-29)27-16-12-11-13-17-27/h11-13,16-17,19-22,25-26,33,41H,2-10,14-15,18,23-24H2,1H3,(H,38,43)(H,39,42). The van der Waals surface area contributed by atoms with Gasteiger partial charge in [0.1, 0.15) is 11.8 Å². The maximum atomic E-state index is 13.2. The van der Waals surface area contributed by atoms with E-state index in [1.807, 2.05) is 42.5 Å². The van der Waals surface area contributed by atoms with Crippen molar-refractivity contribution in [1.82, 2.24) is 4.31 Å². The van der Waals surface area contributed by atoms with Gasteiger partial charge in [-0.3, -0.25) is 9.59 Å². The van der Waals surface area contributed by atoms with Crippen molar-refractivity contribution < 1.29 is 23.1 Å². The van der Waals surface area contributed by atoms with E-state index in [0.29, 0.717) is 31.4 Å². The van der Waals surface area contributed by atoms with E-state index in [1.54, 1.807) is 12.1 Å².